The third kappa shape index (κ3) is 2.08. The fraction of sp³-hybridized carbons (Fsp3) is 0.0833. The van der Waals surface area contributed by atoms with Crippen LogP contribution in [-0.4, -0.2) is 11.4 Å². The van der Waals surface area contributed by atoms with E-state index in [1.807, 2.05) is 12.1 Å². The first kappa shape index (κ1) is 11.1. The molecule has 86 valence electrons. The summed E-state index contributed by atoms with van der Waals surface area (Å²) in [5, 5.41) is 12.5. The lowest BCUT2D eigenvalue weighted by Crippen LogP contribution is -1.99. The fourth-order valence-corrected chi connectivity index (χ4v) is 1.76. The zero-order valence-corrected chi connectivity index (χ0v) is 8.83. The van der Waals surface area contributed by atoms with E-state index < -0.39 is 4.92 Å². The van der Waals surface area contributed by atoms with Crippen LogP contribution in [-0.2, 0) is 16.1 Å². The Bertz CT molecular complexity index is 580. The number of nitro benzene ring substituents is 1. The summed E-state index contributed by atoms with van der Waals surface area (Å²) in [4.78, 5) is 20.6. The number of hydrogen-bond donors (Lipinski definition) is 0. The lowest BCUT2D eigenvalue weighted by Gasteiger charge is -2.06. The molecule has 0 saturated carbocycles. The zero-order chi connectivity index (χ0) is 12.3. The zero-order valence-electron chi connectivity index (χ0n) is 8.83. The van der Waals surface area contributed by atoms with Gasteiger partial charge in [0.1, 0.15) is 6.61 Å². The number of nitro groups is 1. The Morgan fingerprint density at radius 3 is 2.71 bits per heavy atom. The molecule has 5 nitrogen and oxygen atoms in total. The molecule has 2 aromatic carbocycles. The number of hydrogen-bond acceptors (Lipinski definition) is 4. The maximum absolute atomic E-state index is 10.9. The third-order valence-electron chi connectivity index (χ3n) is 2.51. The van der Waals surface area contributed by atoms with Gasteiger partial charge in [0.15, 0.2) is 0 Å². The summed E-state index contributed by atoms with van der Waals surface area (Å²) < 4.78 is 4.63. The molecule has 0 radical (unpaired) electrons. The lowest BCUT2D eigenvalue weighted by atomic mass is 10.0. The lowest BCUT2D eigenvalue weighted by molar-refractivity contribution is -0.385. The van der Waals surface area contributed by atoms with Crippen molar-refractivity contribution in [1.29, 1.82) is 0 Å². The quantitative estimate of drug-likeness (QED) is 0.460. The van der Waals surface area contributed by atoms with Gasteiger partial charge in [-0.1, -0.05) is 24.3 Å². The van der Waals surface area contributed by atoms with Crippen molar-refractivity contribution in [1.82, 2.24) is 0 Å². The van der Waals surface area contributed by atoms with Crippen LogP contribution in [0.5, 0.6) is 0 Å². The molecule has 0 spiro atoms. The summed E-state index contributed by atoms with van der Waals surface area (Å²) in [5.74, 6) is 0. The number of nitrogens with zero attached hydrogens (tertiary/aromatic N) is 1. The van der Waals surface area contributed by atoms with Gasteiger partial charge in [0, 0.05) is 6.07 Å². The third-order valence-corrected chi connectivity index (χ3v) is 2.51. The van der Waals surface area contributed by atoms with Crippen molar-refractivity contribution in [2.45, 2.75) is 6.61 Å². The molecule has 5 heteroatoms. The van der Waals surface area contributed by atoms with E-state index in [-0.39, 0.29) is 18.8 Å². The summed E-state index contributed by atoms with van der Waals surface area (Å²) in [6.45, 7) is 0.187. The van der Waals surface area contributed by atoms with E-state index in [0.29, 0.717) is 5.56 Å². The van der Waals surface area contributed by atoms with Gasteiger partial charge in [-0.3, -0.25) is 14.9 Å². The summed E-state index contributed by atoms with van der Waals surface area (Å²) in [7, 11) is 0. The Balaban J connectivity index is 2.65. The van der Waals surface area contributed by atoms with Crippen LogP contribution in [0.3, 0.4) is 0 Å². The molecule has 0 unspecified atom stereocenters. The van der Waals surface area contributed by atoms with E-state index in [0.717, 1.165) is 10.8 Å². The molecule has 0 aliphatic carbocycles. The standard InChI is InChI=1S/C12H9NO4/c14-8-17-7-11-10-4-2-1-3-9(10)5-6-12(11)13(15)16/h1-6,8H,7H2. The summed E-state index contributed by atoms with van der Waals surface area (Å²) in [6.07, 6.45) is 0. The molecular formula is C12H9NO4. The van der Waals surface area contributed by atoms with Crippen molar-refractivity contribution in [2.24, 2.45) is 0 Å². The molecule has 17 heavy (non-hydrogen) atoms. The van der Waals surface area contributed by atoms with Crippen LogP contribution in [0.4, 0.5) is 5.69 Å². The summed E-state index contributed by atoms with van der Waals surface area (Å²) in [6, 6.07) is 10.4. The molecule has 2 rings (SSSR count). The molecule has 0 saturated heterocycles. The summed E-state index contributed by atoms with van der Waals surface area (Å²) in [5.41, 5.74) is 0.380. The van der Waals surface area contributed by atoms with Crippen molar-refractivity contribution < 1.29 is 14.5 Å². The largest absolute Gasteiger partial charge is 0.463 e. The molecule has 0 aliphatic rings. The number of carbonyl (C=O) groups is 1. The normalized spacial score (nSPS) is 10.1. The molecule has 0 heterocycles. The SMILES string of the molecule is O=COCc1c([N+](=O)[O-])ccc2ccccc12. The van der Waals surface area contributed by atoms with Crippen LogP contribution >= 0.6 is 0 Å². The Hall–Kier alpha value is -2.43. The van der Waals surface area contributed by atoms with E-state index in [4.69, 9.17) is 0 Å². The molecule has 0 aliphatic heterocycles. The van der Waals surface area contributed by atoms with Gasteiger partial charge in [0.25, 0.3) is 12.2 Å². The fourth-order valence-electron chi connectivity index (χ4n) is 1.76. The minimum absolute atomic E-state index is 0.0365. The topological polar surface area (TPSA) is 69.4 Å². The van der Waals surface area contributed by atoms with Crippen molar-refractivity contribution in [2.75, 3.05) is 0 Å². The van der Waals surface area contributed by atoms with Crippen LogP contribution in [0.2, 0.25) is 0 Å². The van der Waals surface area contributed by atoms with E-state index in [9.17, 15) is 14.9 Å². The second-order valence-corrected chi connectivity index (χ2v) is 3.45. The smallest absolute Gasteiger partial charge is 0.293 e. The number of rotatable bonds is 4. The minimum Gasteiger partial charge on any atom is -0.463 e. The number of carbonyl (C=O) groups excluding carboxylic acids is 1. The van der Waals surface area contributed by atoms with E-state index in [1.54, 1.807) is 18.2 Å². The molecule has 0 bridgehead atoms. The average Bonchev–Trinajstić information content (AvgIpc) is 2.35. The number of ether oxygens (including phenoxy) is 1. The molecule has 0 fully saturated rings. The van der Waals surface area contributed by atoms with Gasteiger partial charge in [0.05, 0.1) is 10.5 Å². The second kappa shape index (κ2) is 4.61. The van der Waals surface area contributed by atoms with Gasteiger partial charge >= 0.3 is 0 Å². The highest BCUT2D eigenvalue weighted by Gasteiger charge is 2.16. The highest BCUT2D eigenvalue weighted by atomic mass is 16.6. The Morgan fingerprint density at radius 1 is 1.24 bits per heavy atom. The van der Waals surface area contributed by atoms with Gasteiger partial charge in [0.2, 0.25) is 0 Å². The Kier molecular flexibility index (Phi) is 3.00. The van der Waals surface area contributed by atoms with Gasteiger partial charge in [-0.2, -0.15) is 0 Å². The Labute approximate surface area is 96.8 Å². The van der Waals surface area contributed by atoms with Gasteiger partial charge < -0.3 is 4.74 Å². The predicted molar refractivity (Wildman–Crippen MR) is 61.5 cm³/mol. The van der Waals surface area contributed by atoms with Crippen molar-refractivity contribution in [3.8, 4) is 0 Å². The highest BCUT2D eigenvalue weighted by Crippen LogP contribution is 2.28. The van der Waals surface area contributed by atoms with Crippen LogP contribution in [0.1, 0.15) is 5.56 Å². The molecule has 0 amide bonds. The maximum Gasteiger partial charge on any atom is 0.293 e. The summed E-state index contributed by atoms with van der Waals surface area (Å²) >= 11 is 0. The van der Waals surface area contributed by atoms with Gasteiger partial charge in [-0.15, -0.1) is 0 Å². The average molecular weight is 231 g/mol. The van der Waals surface area contributed by atoms with Gasteiger partial charge in [-0.25, -0.2) is 0 Å². The highest BCUT2D eigenvalue weighted by molar-refractivity contribution is 5.88. The van der Waals surface area contributed by atoms with E-state index in [1.165, 1.54) is 6.07 Å². The molecule has 0 atom stereocenters. The minimum atomic E-state index is -0.476. The van der Waals surface area contributed by atoms with E-state index >= 15 is 0 Å². The van der Waals surface area contributed by atoms with Crippen molar-refractivity contribution in [3.63, 3.8) is 0 Å². The monoisotopic (exact) mass is 231 g/mol. The first-order valence-electron chi connectivity index (χ1n) is 4.94. The second-order valence-electron chi connectivity index (χ2n) is 3.45. The maximum atomic E-state index is 10.9. The predicted octanol–water partition coefficient (Wildman–Crippen LogP) is 2.42. The number of fused-ring (bicyclic) bond motifs is 1. The van der Waals surface area contributed by atoms with Crippen LogP contribution in [0.15, 0.2) is 36.4 Å². The van der Waals surface area contributed by atoms with E-state index in [2.05, 4.69) is 4.74 Å². The van der Waals surface area contributed by atoms with Crippen molar-refractivity contribution in [3.05, 3.63) is 52.1 Å². The van der Waals surface area contributed by atoms with Gasteiger partial charge in [-0.05, 0) is 16.8 Å². The first-order chi connectivity index (χ1) is 8.24. The van der Waals surface area contributed by atoms with Crippen molar-refractivity contribution >= 4 is 22.9 Å². The molecule has 0 N–H and O–H groups in total. The molecule has 0 aromatic heterocycles. The van der Waals surface area contributed by atoms with Crippen LogP contribution in [0, 0.1) is 10.1 Å². The first-order valence-corrected chi connectivity index (χ1v) is 4.94. The molecular weight excluding hydrogens is 222 g/mol. The Morgan fingerprint density at radius 2 is 2.00 bits per heavy atom. The van der Waals surface area contributed by atoms with Crippen LogP contribution < -0.4 is 0 Å². The number of benzene rings is 2. The van der Waals surface area contributed by atoms with Crippen LogP contribution in [0.25, 0.3) is 10.8 Å². The molecule has 2 aromatic rings.